The zero-order chi connectivity index (χ0) is 16.8. The average molecular weight is 364 g/mol. The van der Waals surface area contributed by atoms with E-state index in [1.54, 1.807) is 17.7 Å². The van der Waals surface area contributed by atoms with Gasteiger partial charge in [0.1, 0.15) is 17.0 Å². The van der Waals surface area contributed by atoms with Gasteiger partial charge >= 0.3 is 0 Å². The summed E-state index contributed by atoms with van der Waals surface area (Å²) in [5.41, 5.74) is 4.92. The third kappa shape index (κ3) is 2.41. The van der Waals surface area contributed by atoms with Crippen LogP contribution in [0.15, 0.2) is 60.2 Å². The van der Waals surface area contributed by atoms with Crippen LogP contribution >= 0.6 is 22.9 Å². The molecule has 0 unspecified atom stereocenters. The van der Waals surface area contributed by atoms with E-state index in [1.165, 1.54) is 11.3 Å². The van der Waals surface area contributed by atoms with Gasteiger partial charge in [0.2, 0.25) is 0 Å². The summed E-state index contributed by atoms with van der Waals surface area (Å²) in [6.07, 6.45) is 2.71. The average Bonchev–Trinajstić information content (AvgIpc) is 3.26. The summed E-state index contributed by atoms with van der Waals surface area (Å²) in [5, 5.41) is 4.02. The Morgan fingerprint density at radius 3 is 2.72 bits per heavy atom. The zero-order valence-corrected chi connectivity index (χ0v) is 14.9. The summed E-state index contributed by atoms with van der Waals surface area (Å²) in [5.74, 6) is 0.987. The first-order chi connectivity index (χ1) is 12.3. The monoisotopic (exact) mass is 363 g/mol. The van der Waals surface area contributed by atoms with Crippen molar-refractivity contribution in [1.82, 2.24) is 9.97 Å². The molecule has 0 saturated heterocycles. The van der Waals surface area contributed by atoms with E-state index in [4.69, 9.17) is 11.6 Å². The second-order valence-corrected chi connectivity index (χ2v) is 7.36. The highest BCUT2D eigenvalue weighted by Crippen LogP contribution is 2.42. The van der Waals surface area contributed by atoms with E-state index in [0.717, 1.165) is 45.1 Å². The van der Waals surface area contributed by atoms with Gasteiger partial charge in [-0.3, -0.25) is 0 Å². The number of para-hydroxylation sites is 1. The van der Waals surface area contributed by atoms with Crippen LogP contribution in [-0.4, -0.2) is 16.5 Å². The molecule has 2 aromatic heterocycles. The number of aromatic nitrogens is 2. The molecule has 0 N–H and O–H groups in total. The summed E-state index contributed by atoms with van der Waals surface area (Å²) in [6.45, 7) is 0.946. The zero-order valence-electron chi connectivity index (χ0n) is 13.3. The van der Waals surface area contributed by atoms with Gasteiger partial charge < -0.3 is 4.90 Å². The standard InChI is InChI=1S/C20H14ClN3S/c21-15-7-5-13(6-8-15)16-11-25-20-18(16)19(22-12-23-20)24-10-9-14-3-1-2-4-17(14)24/h1-8,11-12H,9-10H2. The van der Waals surface area contributed by atoms with Crippen LogP contribution < -0.4 is 4.90 Å². The molecular formula is C20H14ClN3S. The first-order valence-electron chi connectivity index (χ1n) is 8.15. The predicted octanol–water partition coefficient (Wildman–Crippen LogP) is 5.71. The first-order valence-corrected chi connectivity index (χ1v) is 9.40. The van der Waals surface area contributed by atoms with Gasteiger partial charge in [-0.25, -0.2) is 9.97 Å². The topological polar surface area (TPSA) is 29.0 Å². The minimum atomic E-state index is 0.744. The highest BCUT2D eigenvalue weighted by Gasteiger charge is 2.24. The molecule has 0 amide bonds. The van der Waals surface area contributed by atoms with Crippen molar-refractivity contribution < 1.29 is 0 Å². The molecule has 0 radical (unpaired) electrons. The molecule has 1 aliphatic rings. The van der Waals surface area contributed by atoms with E-state index < -0.39 is 0 Å². The molecule has 3 heterocycles. The van der Waals surface area contributed by atoms with Crippen LogP contribution in [0.3, 0.4) is 0 Å². The maximum atomic E-state index is 6.05. The number of rotatable bonds is 2. The summed E-state index contributed by atoms with van der Waals surface area (Å²) in [6, 6.07) is 16.5. The van der Waals surface area contributed by atoms with Gasteiger partial charge in [-0.1, -0.05) is 41.9 Å². The van der Waals surface area contributed by atoms with E-state index in [9.17, 15) is 0 Å². The van der Waals surface area contributed by atoms with Crippen molar-refractivity contribution >= 4 is 44.7 Å². The highest BCUT2D eigenvalue weighted by atomic mass is 35.5. The molecule has 3 nitrogen and oxygen atoms in total. The number of hydrogen-bond acceptors (Lipinski definition) is 4. The fourth-order valence-corrected chi connectivity index (χ4v) is 4.50. The van der Waals surface area contributed by atoms with Crippen molar-refractivity contribution in [3.63, 3.8) is 0 Å². The van der Waals surface area contributed by atoms with Crippen LogP contribution in [0.1, 0.15) is 5.56 Å². The molecule has 122 valence electrons. The van der Waals surface area contributed by atoms with E-state index in [1.807, 2.05) is 12.1 Å². The number of nitrogens with zero attached hydrogens (tertiary/aromatic N) is 3. The molecule has 0 fully saturated rings. The quantitative estimate of drug-likeness (QED) is 0.457. The Morgan fingerprint density at radius 1 is 1.00 bits per heavy atom. The van der Waals surface area contributed by atoms with Crippen molar-refractivity contribution in [3.05, 3.63) is 70.8 Å². The molecule has 0 saturated carbocycles. The lowest BCUT2D eigenvalue weighted by Crippen LogP contribution is -2.15. The molecule has 0 bridgehead atoms. The van der Waals surface area contributed by atoms with E-state index in [-0.39, 0.29) is 0 Å². The predicted molar refractivity (Wildman–Crippen MR) is 105 cm³/mol. The van der Waals surface area contributed by atoms with Crippen LogP contribution in [0, 0.1) is 0 Å². The van der Waals surface area contributed by atoms with Gasteiger partial charge in [0.05, 0.1) is 5.39 Å². The molecule has 0 atom stereocenters. The Bertz CT molecular complexity index is 1070. The van der Waals surface area contributed by atoms with E-state index >= 15 is 0 Å². The number of anilines is 2. The van der Waals surface area contributed by atoms with Gasteiger partial charge in [-0.15, -0.1) is 11.3 Å². The van der Waals surface area contributed by atoms with Gasteiger partial charge in [-0.2, -0.15) is 0 Å². The molecule has 2 aromatic carbocycles. The first kappa shape index (κ1) is 14.9. The molecular weight excluding hydrogens is 350 g/mol. The molecule has 1 aliphatic heterocycles. The number of hydrogen-bond donors (Lipinski definition) is 0. The summed E-state index contributed by atoms with van der Waals surface area (Å²) < 4.78 is 0. The lowest BCUT2D eigenvalue weighted by atomic mass is 10.1. The van der Waals surface area contributed by atoms with Crippen LogP contribution in [0.2, 0.25) is 5.02 Å². The third-order valence-corrected chi connectivity index (χ3v) is 5.79. The lowest BCUT2D eigenvalue weighted by molar-refractivity contribution is 0.975. The highest BCUT2D eigenvalue weighted by molar-refractivity contribution is 7.17. The van der Waals surface area contributed by atoms with Crippen molar-refractivity contribution in [2.75, 3.05) is 11.4 Å². The Morgan fingerprint density at radius 2 is 1.84 bits per heavy atom. The minimum Gasteiger partial charge on any atom is -0.325 e. The minimum absolute atomic E-state index is 0.744. The smallest absolute Gasteiger partial charge is 0.145 e. The van der Waals surface area contributed by atoms with Gasteiger partial charge in [0.15, 0.2) is 0 Å². The molecule has 25 heavy (non-hydrogen) atoms. The maximum absolute atomic E-state index is 6.05. The lowest BCUT2D eigenvalue weighted by Gasteiger charge is -2.19. The summed E-state index contributed by atoms with van der Waals surface area (Å²) in [7, 11) is 0. The van der Waals surface area contributed by atoms with Crippen LogP contribution in [0.5, 0.6) is 0 Å². The Kier molecular flexibility index (Phi) is 3.47. The number of halogens is 1. The van der Waals surface area contributed by atoms with Crippen molar-refractivity contribution in [2.45, 2.75) is 6.42 Å². The fourth-order valence-electron chi connectivity index (χ4n) is 3.46. The summed E-state index contributed by atoms with van der Waals surface area (Å²) >= 11 is 7.71. The molecule has 5 heteroatoms. The number of thiophene rings is 1. The number of fused-ring (bicyclic) bond motifs is 2. The Labute approximate surface area is 154 Å². The number of benzene rings is 2. The van der Waals surface area contributed by atoms with Gasteiger partial charge in [0, 0.05) is 28.2 Å². The Balaban J connectivity index is 1.72. The van der Waals surface area contributed by atoms with Crippen LogP contribution in [0.25, 0.3) is 21.3 Å². The van der Waals surface area contributed by atoms with Gasteiger partial charge in [0.25, 0.3) is 0 Å². The molecule has 0 aliphatic carbocycles. The van der Waals surface area contributed by atoms with Crippen LogP contribution in [0.4, 0.5) is 11.5 Å². The van der Waals surface area contributed by atoms with Crippen molar-refractivity contribution in [2.24, 2.45) is 0 Å². The fraction of sp³-hybridized carbons (Fsp3) is 0.100. The van der Waals surface area contributed by atoms with E-state index in [2.05, 4.69) is 56.6 Å². The van der Waals surface area contributed by atoms with Crippen LogP contribution in [-0.2, 0) is 6.42 Å². The largest absolute Gasteiger partial charge is 0.325 e. The summed E-state index contributed by atoms with van der Waals surface area (Å²) in [4.78, 5) is 12.5. The second-order valence-electron chi connectivity index (χ2n) is 6.06. The Hall–Kier alpha value is -2.43. The van der Waals surface area contributed by atoms with Gasteiger partial charge in [-0.05, 0) is 35.7 Å². The SMILES string of the molecule is Clc1ccc(-c2csc3ncnc(N4CCc5ccccc54)c23)cc1. The maximum Gasteiger partial charge on any atom is 0.145 e. The normalized spacial score (nSPS) is 13.4. The van der Waals surface area contributed by atoms with Crippen molar-refractivity contribution in [1.29, 1.82) is 0 Å². The van der Waals surface area contributed by atoms with E-state index in [0.29, 0.717) is 0 Å². The second kappa shape index (κ2) is 5.83. The third-order valence-electron chi connectivity index (χ3n) is 4.65. The molecule has 0 spiro atoms. The van der Waals surface area contributed by atoms with Crippen molar-refractivity contribution in [3.8, 4) is 11.1 Å². The molecule has 5 rings (SSSR count). The molecule has 4 aromatic rings.